The molecule has 0 saturated heterocycles. The average Bonchev–Trinajstić information content (AvgIpc) is 2.91. The molecule has 1 aromatic rings. The zero-order valence-electron chi connectivity index (χ0n) is 14.6. The first-order chi connectivity index (χ1) is 12.0. The number of carboxylic acid groups (broad SMARTS) is 1. The van der Waals surface area contributed by atoms with Crippen LogP contribution < -0.4 is 0 Å². The van der Waals surface area contributed by atoms with Crippen LogP contribution in [0.25, 0.3) is 0 Å². The summed E-state index contributed by atoms with van der Waals surface area (Å²) in [6.07, 6.45) is 6.39. The number of aromatic hydroxyl groups is 1. The van der Waals surface area contributed by atoms with Gasteiger partial charge in [0.05, 0.1) is 5.71 Å². The Labute approximate surface area is 147 Å². The van der Waals surface area contributed by atoms with Gasteiger partial charge < -0.3 is 15.1 Å². The Hall–Kier alpha value is -2.04. The highest BCUT2D eigenvalue weighted by Gasteiger charge is 2.53. The monoisotopic (exact) mass is 343 g/mol. The number of nitrogens with zero attached hydrogens (tertiary/aromatic N) is 1. The summed E-state index contributed by atoms with van der Waals surface area (Å²) in [5.41, 5.74) is 3.81. The van der Waals surface area contributed by atoms with E-state index in [1.165, 1.54) is 11.1 Å². The summed E-state index contributed by atoms with van der Waals surface area (Å²) in [5.74, 6) is 1.17. The molecule has 25 heavy (non-hydrogen) atoms. The Morgan fingerprint density at radius 2 is 2.16 bits per heavy atom. The van der Waals surface area contributed by atoms with Crippen molar-refractivity contribution >= 4 is 11.7 Å². The molecule has 4 atom stereocenters. The van der Waals surface area contributed by atoms with E-state index in [-0.39, 0.29) is 12.0 Å². The molecule has 0 bridgehead atoms. The minimum absolute atomic E-state index is 0.0358. The Morgan fingerprint density at radius 1 is 1.32 bits per heavy atom. The third kappa shape index (κ3) is 2.70. The molecule has 0 unspecified atom stereocenters. The van der Waals surface area contributed by atoms with E-state index >= 15 is 0 Å². The van der Waals surface area contributed by atoms with Crippen LogP contribution in [-0.4, -0.2) is 28.5 Å². The predicted molar refractivity (Wildman–Crippen MR) is 93.7 cm³/mol. The first-order valence-electron chi connectivity index (χ1n) is 9.22. The molecule has 3 aliphatic rings. The van der Waals surface area contributed by atoms with Crippen LogP contribution in [0, 0.1) is 17.3 Å². The van der Waals surface area contributed by atoms with Crippen molar-refractivity contribution in [2.24, 2.45) is 22.4 Å². The van der Waals surface area contributed by atoms with E-state index in [4.69, 9.17) is 9.94 Å². The summed E-state index contributed by atoms with van der Waals surface area (Å²) in [7, 11) is 0. The average molecular weight is 343 g/mol. The first-order valence-corrected chi connectivity index (χ1v) is 9.22. The maximum atomic E-state index is 10.7. The van der Waals surface area contributed by atoms with E-state index in [1.54, 1.807) is 0 Å². The molecule has 134 valence electrons. The Morgan fingerprint density at radius 3 is 2.96 bits per heavy atom. The highest BCUT2D eigenvalue weighted by molar-refractivity contribution is 5.92. The summed E-state index contributed by atoms with van der Waals surface area (Å²) in [4.78, 5) is 15.7. The van der Waals surface area contributed by atoms with Gasteiger partial charge in [0.2, 0.25) is 6.61 Å². The first kappa shape index (κ1) is 16.4. The van der Waals surface area contributed by atoms with Crippen LogP contribution in [-0.2, 0) is 16.1 Å². The molecular weight excluding hydrogens is 318 g/mol. The molecule has 3 aliphatic carbocycles. The van der Waals surface area contributed by atoms with Crippen molar-refractivity contribution in [3.8, 4) is 5.75 Å². The van der Waals surface area contributed by atoms with E-state index in [2.05, 4.69) is 18.1 Å². The summed E-state index contributed by atoms with van der Waals surface area (Å²) in [5, 5.41) is 22.7. The van der Waals surface area contributed by atoms with Crippen LogP contribution >= 0.6 is 0 Å². The number of rotatable bonds is 3. The van der Waals surface area contributed by atoms with Crippen LogP contribution in [0.3, 0.4) is 0 Å². The number of hydrogen-bond donors (Lipinski definition) is 2. The maximum absolute atomic E-state index is 10.7. The smallest absolute Gasteiger partial charge is 0.344 e. The lowest BCUT2D eigenvalue weighted by atomic mass is 9.55. The van der Waals surface area contributed by atoms with Crippen molar-refractivity contribution in [2.75, 3.05) is 6.61 Å². The molecule has 5 nitrogen and oxygen atoms in total. The van der Waals surface area contributed by atoms with Gasteiger partial charge in [0.1, 0.15) is 5.75 Å². The number of fused-ring (bicyclic) bond motifs is 5. The van der Waals surface area contributed by atoms with E-state index in [1.807, 2.05) is 12.1 Å². The van der Waals surface area contributed by atoms with E-state index in [9.17, 15) is 9.90 Å². The number of benzene rings is 1. The normalized spacial score (nSPS) is 34.9. The van der Waals surface area contributed by atoms with Gasteiger partial charge in [0, 0.05) is 5.41 Å². The fourth-order valence-electron chi connectivity index (χ4n) is 5.67. The van der Waals surface area contributed by atoms with Gasteiger partial charge in [-0.1, -0.05) is 18.1 Å². The van der Waals surface area contributed by atoms with Crippen molar-refractivity contribution in [3.63, 3.8) is 0 Å². The summed E-state index contributed by atoms with van der Waals surface area (Å²) in [6, 6.07) is 5.86. The van der Waals surface area contributed by atoms with Gasteiger partial charge in [0.25, 0.3) is 0 Å². The Bertz CT molecular complexity index is 728. The Kier molecular flexibility index (Phi) is 3.97. The van der Waals surface area contributed by atoms with Gasteiger partial charge in [-0.05, 0) is 79.5 Å². The molecule has 0 amide bonds. The number of phenols is 1. The van der Waals surface area contributed by atoms with Gasteiger partial charge in [-0.2, -0.15) is 0 Å². The lowest BCUT2D eigenvalue weighted by Gasteiger charge is -2.49. The van der Waals surface area contributed by atoms with E-state index in [0.717, 1.165) is 44.2 Å². The lowest BCUT2D eigenvalue weighted by molar-refractivity contribution is -0.142. The third-order valence-corrected chi connectivity index (χ3v) is 6.81. The van der Waals surface area contributed by atoms with Crippen molar-refractivity contribution in [3.05, 3.63) is 29.3 Å². The second-order valence-corrected chi connectivity index (χ2v) is 8.00. The van der Waals surface area contributed by atoms with Crippen LogP contribution in [0.1, 0.15) is 56.1 Å². The number of aliphatic carboxylic acids is 1. The summed E-state index contributed by atoms with van der Waals surface area (Å²) in [6.45, 7) is 1.92. The highest BCUT2D eigenvalue weighted by Crippen LogP contribution is 2.59. The molecule has 2 N–H and O–H groups in total. The second-order valence-electron chi connectivity index (χ2n) is 8.00. The van der Waals surface area contributed by atoms with Crippen LogP contribution in [0.5, 0.6) is 5.75 Å². The van der Waals surface area contributed by atoms with Gasteiger partial charge in [-0.3, -0.25) is 0 Å². The number of aryl methyl sites for hydroxylation is 1. The van der Waals surface area contributed by atoms with Gasteiger partial charge >= 0.3 is 5.97 Å². The van der Waals surface area contributed by atoms with Gasteiger partial charge in [-0.25, -0.2) is 4.79 Å². The quantitative estimate of drug-likeness (QED) is 0.820. The molecule has 0 radical (unpaired) electrons. The fourth-order valence-corrected chi connectivity index (χ4v) is 5.67. The maximum Gasteiger partial charge on any atom is 0.344 e. The van der Waals surface area contributed by atoms with Crippen LogP contribution in [0.4, 0.5) is 0 Å². The number of hydrogen-bond acceptors (Lipinski definition) is 4. The minimum Gasteiger partial charge on any atom is -0.508 e. The van der Waals surface area contributed by atoms with Crippen molar-refractivity contribution < 1.29 is 19.8 Å². The molecule has 0 spiro atoms. The fraction of sp³-hybridized carbons (Fsp3) is 0.600. The highest BCUT2D eigenvalue weighted by atomic mass is 16.6. The van der Waals surface area contributed by atoms with Gasteiger partial charge in [0.15, 0.2) is 0 Å². The van der Waals surface area contributed by atoms with Crippen molar-refractivity contribution in [1.29, 1.82) is 0 Å². The van der Waals surface area contributed by atoms with Crippen molar-refractivity contribution in [2.45, 2.75) is 51.4 Å². The lowest BCUT2D eigenvalue weighted by Crippen LogP contribution is -2.42. The SMILES string of the molecule is C[C@]12CC[C@@H]3c4ccc(O)cc4CC[C@H]3[C@@H]1CC/C2=N/OCC(=O)O. The molecule has 0 aliphatic heterocycles. The molecule has 2 saturated carbocycles. The largest absolute Gasteiger partial charge is 0.508 e. The van der Waals surface area contributed by atoms with Gasteiger partial charge in [-0.15, -0.1) is 0 Å². The zero-order valence-corrected chi connectivity index (χ0v) is 14.6. The molecule has 2 fully saturated rings. The molecule has 0 heterocycles. The summed E-state index contributed by atoms with van der Waals surface area (Å²) >= 11 is 0. The van der Waals surface area contributed by atoms with Crippen LogP contribution in [0.2, 0.25) is 0 Å². The van der Waals surface area contributed by atoms with E-state index in [0.29, 0.717) is 23.5 Å². The molecule has 5 heteroatoms. The van der Waals surface area contributed by atoms with Crippen molar-refractivity contribution in [1.82, 2.24) is 0 Å². The summed E-state index contributed by atoms with van der Waals surface area (Å²) < 4.78 is 0. The Balaban J connectivity index is 1.58. The third-order valence-electron chi connectivity index (χ3n) is 6.81. The molecule has 0 aromatic heterocycles. The minimum atomic E-state index is -0.986. The zero-order chi connectivity index (χ0) is 17.6. The predicted octanol–water partition coefficient (Wildman–Crippen LogP) is 3.71. The standard InChI is InChI=1S/C20H25NO4/c1-20-9-8-15-14-5-3-13(22)10-12(14)2-4-16(15)17(20)6-7-18(20)21-25-11-19(23)24/h3,5,10,15-17,22H,2,4,6-9,11H2,1H3,(H,23,24)/b21-18-/t15-,16-,17+,20+/m1/s1. The number of phenolic OH excluding ortho intramolecular Hbond substituents is 1. The number of carboxylic acids is 1. The van der Waals surface area contributed by atoms with Crippen LogP contribution in [0.15, 0.2) is 23.4 Å². The molecule has 4 rings (SSSR count). The molecular formula is C20H25NO4. The number of carbonyl (C=O) groups is 1. The van der Waals surface area contributed by atoms with E-state index < -0.39 is 5.97 Å². The topological polar surface area (TPSA) is 79.1 Å². The molecule has 1 aromatic carbocycles. The second kappa shape index (κ2) is 6.04. The number of oxime groups is 1.